The molecule has 0 spiro atoms. The van der Waals surface area contributed by atoms with Crippen molar-refractivity contribution in [1.29, 1.82) is 0 Å². The van der Waals surface area contributed by atoms with Gasteiger partial charge in [0, 0.05) is 18.7 Å². The Labute approximate surface area is 93.8 Å². The first-order chi connectivity index (χ1) is 7.07. The first-order valence-corrected chi connectivity index (χ1v) is 6.41. The van der Waals surface area contributed by atoms with Crippen LogP contribution in [0.4, 0.5) is 0 Å². The third-order valence-corrected chi connectivity index (χ3v) is 4.07. The van der Waals surface area contributed by atoms with Gasteiger partial charge in [-0.2, -0.15) is 0 Å². The number of hydrogen-bond acceptors (Lipinski definition) is 2. The monoisotopic (exact) mass is 211 g/mol. The quantitative estimate of drug-likeness (QED) is 0.758. The summed E-state index contributed by atoms with van der Waals surface area (Å²) in [5.41, 5.74) is 0.559. The Hall–Kier alpha value is -0.0800. The molecule has 1 aliphatic carbocycles. The molecule has 88 valence electrons. The molecule has 2 aliphatic rings. The van der Waals surface area contributed by atoms with Gasteiger partial charge in [-0.1, -0.05) is 20.8 Å². The fourth-order valence-corrected chi connectivity index (χ4v) is 3.16. The second-order valence-corrected chi connectivity index (χ2v) is 6.22. The lowest BCUT2D eigenvalue weighted by atomic mass is 9.70. The van der Waals surface area contributed by atoms with E-state index in [4.69, 9.17) is 4.74 Å². The van der Waals surface area contributed by atoms with Crippen LogP contribution in [0.1, 0.15) is 46.5 Å². The Kier molecular flexibility index (Phi) is 3.36. The lowest BCUT2D eigenvalue weighted by molar-refractivity contribution is 0.134. The zero-order valence-corrected chi connectivity index (χ0v) is 10.4. The molecule has 1 saturated carbocycles. The van der Waals surface area contributed by atoms with Crippen molar-refractivity contribution in [1.82, 2.24) is 5.32 Å². The molecule has 0 aromatic carbocycles. The van der Waals surface area contributed by atoms with E-state index in [9.17, 15) is 0 Å². The summed E-state index contributed by atoms with van der Waals surface area (Å²) in [5, 5.41) is 3.78. The number of rotatable bonds is 2. The van der Waals surface area contributed by atoms with Crippen molar-refractivity contribution < 1.29 is 4.74 Å². The van der Waals surface area contributed by atoms with E-state index in [2.05, 4.69) is 26.1 Å². The van der Waals surface area contributed by atoms with Crippen molar-refractivity contribution in [2.45, 2.75) is 58.5 Å². The molecular formula is C13H25NO. The van der Waals surface area contributed by atoms with Crippen LogP contribution in [-0.4, -0.2) is 25.3 Å². The van der Waals surface area contributed by atoms with Gasteiger partial charge >= 0.3 is 0 Å². The molecule has 1 aliphatic heterocycles. The van der Waals surface area contributed by atoms with E-state index in [1.165, 1.54) is 25.7 Å². The van der Waals surface area contributed by atoms with Crippen molar-refractivity contribution in [2.24, 2.45) is 11.3 Å². The molecular weight excluding hydrogens is 186 g/mol. The maximum atomic E-state index is 5.41. The number of ether oxygens (including phenoxy) is 1. The third-order valence-electron chi connectivity index (χ3n) is 4.07. The predicted molar refractivity (Wildman–Crippen MR) is 62.9 cm³/mol. The van der Waals surface area contributed by atoms with E-state index in [0.717, 1.165) is 25.2 Å². The highest BCUT2D eigenvalue weighted by atomic mass is 16.5. The SMILES string of the molecule is CC1CC(C)(C)CCC1NC1CCOC1. The van der Waals surface area contributed by atoms with Gasteiger partial charge in [-0.3, -0.25) is 0 Å². The average molecular weight is 211 g/mol. The highest BCUT2D eigenvalue weighted by Gasteiger charge is 2.33. The van der Waals surface area contributed by atoms with E-state index in [1.54, 1.807) is 0 Å². The van der Waals surface area contributed by atoms with Gasteiger partial charge in [0.05, 0.1) is 6.61 Å². The Balaban J connectivity index is 1.83. The fourth-order valence-electron chi connectivity index (χ4n) is 3.16. The van der Waals surface area contributed by atoms with E-state index in [1.807, 2.05) is 0 Å². The van der Waals surface area contributed by atoms with Gasteiger partial charge in [0.1, 0.15) is 0 Å². The number of hydrogen-bond donors (Lipinski definition) is 1. The highest BCUT2D eigenvalue weighted by Crippen LogP contribution is 2.38. The van der Waals surface area contributed by atoms with E-state index < -0.39 is 0 Å². The molecule has 1 N–H and O–H groups in total. The van der Waals surface area contributed by atoms with E-state index >= 15 is 0 Å². The molecule has 15 heavy (non-hydrogen) atoms. The maximum absolute atomic E-state index is 5.41. The molecule has 2 fully saturated rings. The van der Waals surface area contributed by atoms with Crippen LogP contribution in [0, 0.1) is 11.3 Å². The van der Waals surface area contributed by atoms with Crippen LogP contribution in [0.5, 0.6) is 0 Å². The highest BCUT2D eigenvalue weighted by molar-refractivity contribution is 4.89. The normalized spacial score (nSPS) is 40.6. The summed E-state index contributed by atoms with van der Waals surface area (Å²) >= 11 is 0. The summed E-state index contributed by atoms with van der Waals surface area (Å²) in [6, 6.07) is 1.35. The van der Waals surface area contributed by atoms with Crippen molar-refractivity contribution in [3.8, 4) is 0 Å². The van der Waals surface area contributed by atoms with Crippen LogP contribution in [-0.2, 0) is 4.74 Å². The zero-order chi connectivity index (χ0) is 10.9. The summed E-state index contributed by atoms with van der Waals surface area (Å²) in [6.07, 6.45) is 5.26. The molecule has 3 unspecified atom stereocenters. The molecule has 0 bridgehead atoms. The predicted octanol–water partition coefficient (Wildman–Crippen LogP) is 2.58. The molecule has 3 atom stereocenters. The van der Waals surface area contributed by atoms with Crippen LogP contribution in [0.3, 0.4) is 0 Å². The summed E-state index contributed by atoms with van der Waals surface area (Å²) in [7, 11) is 0. The summed E-state index contributed by atoms with van der Waals surface area (Å²) in [6.45, 7) is 9.07. The second kappa shape index (κ2) is 4.42. The van der Waals surface area contributed by atoms with Gasteiger partial charge in [-0.15, -0.1) is 0 Å². The third kappa shape index (κ3) is 2.94. The molecule has 0 amide bonds. The fraction of sp³-hybridized carbons (Fsp3) is 1.00. The minimum absolute atomic E-state index is 0.559. The van der Waals surface area contributed by atoms with Gasteiger partial charge in [0.2, 0.25) is 0 Å². The minimum atomic E-state index is 0.559. The van der Waals surface area contributed by atoms with E-state index in [0.29, 0.717) is 11.5 Å². The van der Waals surface area contributed by atoms with Crippen LogP contribution >= 0.6 is 0 Å². The minimum Gasteiger partial charge on any atom is -0.380 e. The topological polar surface area (TPSA) is 21.3 Å². The van der Waals surface area contributed by atoms with Crippen LogP contribution < -0.4 is 5.32 Å². The first-order valence-electron chi connectivity index (χ1n) is 6.41. The lowest BCUT2D eigenvalue weighted by Gasteiger charge is -2.40. The summed E-state index contributed by atoms with van der Waals surface area (Å²) in [5.74, 6) is 0.814. The summed E-state index contributed by atoms with van der Waals surface area (Å²) in [4.78, 5) is 0. The van der Waals surface area contributed by atoms with Crippen molar-refractivity contribution in [3.63, 3.8) is 0 Å². The van der Waals surface area contributed by atoms with E-state index in [-0.39, 0.29) is 0 Å². The van der Waals surface area contributed by atoms with Crippen molar-refractivity contribution >= 4 is 0 Å². The standard InChI is InChI=1S/C13H25NO/c1-10-8-13(2,3)6-4-12(10)14-11-5-7-15-9-11/h10-12,14H,4-9H2,1-3H3. The largest absolute Gasteiger partial charge is 0.380 e. The smallest absolute Gasteiger partial charge is 0.0620 e. The molecule has 2 nitrogen and oxygen atoms in total. The Morgan fingerprint density at radius 1 is 1.27 bits per heavy atom. The van der Waals surface area contributed by atoms with Crippen LogP contribution in [0.2, 0.25) is 0 Å². The number of nitrogens with one attached hydrogen (secondary N) is 1. The molecule has 2 rings (SSSR count). The van der Waals surface area contributed by atoms with Gasteiger partial charge in [0.25, 0.3) is 0 Å². The van der Waals surface area contributed by atoms with Gasteiger partial charge in [0.15, 0.2) is 0 Å². The van der Waals surface area contributed by atoms with Crippen LogP contribution in [0.15, 0.2) is 0 Å². The van der Waals surface area contributed by atoms with Gasteiger partial charge < -0.3 is 10.1 Å². The zero-order valence-electron chi connectivity index (χ0n) is 10.4. The Bertz CT molecular complexity index is 209. The molecule has 1 heterocycles. The van der Waals surface area contributed by atoms with Crippen LogP contribution in [0.25, 0.3) is 0 Å². The van der Waals surface area contributed by atoms with Gasteiger partial charge in [-0.25, -0.2) is 0 Å². The average Bonchev–Trinajstić information content (AvgIpc) is 2.61. The first kappa shape index (κ1) is 11.4. The molecule has 0 aromatic heterocycles. The van der Waals surface area contributed by atoms with Crippen molar-refractivity contribution in [2.75, 3.05) is 13.2 Å². The Morgan fingerprint density at radius 2 is 2.07 bits per heavy atom. The molecule has 1 saturated heterocycles. The van der Waals surface area contributed by atoms with Gasteiger partial charge in [-0.05, 0) is 37.0 Å². The molecule has 0 radical (unpaired) electrons. The summed E-state index contributed by atoms with van der Waals surface area (Å²) < 4.78 is 5.41. The Morgan fingerprint density at radius 3 is 2.67 bits per heavy atom. The molecule has 2 heteroatoms. The lowest BCUT2D eigenvalue weighted by Crippen LogP contribution is -2.46. The van der Waals surface area contributed by atoms with Crippen molar-refractivity contribution in [3.05, 3.63) is 0 Å². The maximum Gasteiger partial charge on any atom is 0.0620 e. The molecule has 0 aromatic rings. The second-order valence-electron chi connectivity index (χ2n) is 6.22.